The standard InChI is InChI=1S/C17H11ClF3N3/c18-12-6-8-13(9-7-12)22-16-23-14(11-4-2-1-3-5-11)10-15(24-16)17(19,20)21/h1-10H,(H,22,23,24). The van der Waals surface area contributed by atoms with Crippen LogP contribution < -0.4 is 5.32 Å². The molecule has 0 atom stereocenters. The third-order valence-corrected chi connectivity index (χ3v) is 3.44. The number of anilines is 2. The molecule has 0 saturated heterocycles. The van der Waals surface area contributed by atoms with E-state index in [1.54, 1.807) is 54.6 Å². The fourth-order valence-corrected chi connectivity index (χ4v) is 2.19. The van der Waals surface area contributed by atoms with E-state index in [1.165, 1.54) is 0 Å². The minimum Gasteiger partial charge on any atom is -0.324 e. The largest absolute Gasteiger partial charge is 0.433 e. The number of hydrogen-bond donors (Lipinski definition) is 1. The summed E-state index contributed by atoms with van der Waals surface area (Å²) < 4.78 is 39.4. The Morgan fingerprint density at radius 2 is 1.54 bits per heavy atom. The van der Waals surface area contributed by atoms with E-state index in [2.05, 4.69) is 15.3 Å². The van der Waals surface area contributed by atoms with E-state index < -0.39 is 11.9 Å². The Kier molecular flexibility index (Phi) is 4.40. The number of alkyl halides is 3. The Labute approximate surface area is 141 Å². The van der Waals surface area contributed by atoms with Gasteiger partial charge in [-0.25, -0.2) is 9.97 Å². The first-order valence-electron chi connectivity index (χ1n) is 6.96. The number of hydrogen-bond acceptors (Lipinski definition) is 3. The molecule has 7 heteroatoms. The van der Waals surface area contributed by atoms with E-state index in [4.69, 9.17) is 11.6 Å². The van der Waals surface area contributed by atoms with Crippen molar-refractivity contribution in [2.75, 3.05) is 5.32 Å². The van der Waals surface area contributed by atoms with Crippen LogP contribution in [0.5, 0.6) is 0 Å². The molecule has 24 heavy (non-hydrogen) atoms. The Morgan fingerprint density at radius 1 is 0.875 bits per heavy atom. The van der Waals surface area contributed by atoms with E-state index in [1.807, 2.05) is 0 Å². The number of nitrogens with one attached hydrogen (secondary N) is 1. The number of benzene rings is 2. The van der Waals surface area contributed by atoms with Crippen molar-refractivity contribution >= 4 is 23.2 Å². The zero-order valence-corrected chi connectivity index (χ0v) is 12.9. The number of halogens is 4. The summed E-state index contributed by atoms with van der Waals surface area (Å²) in [6.45, 7) is 0. The molecule has 0 amide bonds. The predicted molar refractivity (Wildman–Crippen MR) is 87.2 cm³/mol. The van der Waals surface area contributed by atoms with Crippen molar-refractivity contribution in [1.82, 2.24) is 9.97 Å². The molecule has 0 unspecified atom stereocenters. The number of rotatable bonds is 3. The molecular formula is C17H11ClF3N3. The van der Waals surface area contributed by atoms with Crippen LogP contribution in [0.3, 0.4) is 0 Å². The first-order chi connectivity index (χ1) is 11.4. The van der Waals surface area contributed by atoms with E-state index in [-0.39, 0.29) is 11.6 Å². The molecule has 0 spiro atoms. The van der Waals surface area contributed by atoms with Gasteiger partial charge in [0.2, 0.25) is 5.95 Å². The van der Waals surface area contributed by atoms with Crippen molar-refractivity contribution < 1.29 is 13.2 Å². The first-order valence-corrected chi connectivity index (χ1v) is 7.34. The molecule has 1 heterocycles. The monoisotopic (exact) mass is 349 g/mol. The van der Waals surface area contributed by atoms with E-state index >= 15 is 0 Å². The van der Waals surface area contributed by atoms with Crippen LogP contribution in [0.1, 0.15) is 5.69 Å². The average molecular weight is 350 g/mol. The lowest BCUT2D eigenvalue weighted by Crippen LogP contribution is -2.11. The first kappa shape index (κ1) is 16.3. The molecule has 1 aromatic heterocycles. The summed E-state index contributed by atoms with van der Waals surface area (Å²) >= 11 is 5.80. The van der Waals surface area contributed by atoms with Gasteiger partial charge in [-0.2, -0.15) is 13.2 Å². The minimum absolute atomic E-state index is 0.133. The fourth-order valence-electron chi connectivity index (χ4n) is 2.07. The average Bonchev–Trinajstić information content (AvgIpc) is 2.57. The van der Waals surface area contributed by atoms with Gasteiger partial charge in [0.05, 0.1) is 5.69 Å². The molecule has 0 radical (unpaired) electrons. The minimum atomic E-state index is -4.57. The maximum Gasteiger partial charge on any atom is 0.433 e. The molecule has 122 valence electrons. The summed E-state index contributed by atoms with van der Waals surface area (Å²) in [5.74, 6) is -0.133. The summed E-state index contributed by atoms with van der Waals surface area (Å²) in [5.41, 5.74) is 0.296. The lowest BCUT2D eigenvalue weighted by molar-refractivity contribution is -0.141. The smallest absolute Gasteiger partial charge is 0.324 e. The molecule has 0 saturated carbocycles. The predicted octanol–water partition coefficient (Wildman–Crippen LogP) is 5.56. The molecule has 1 N–H and O–H groups in total. The zero-order valence-electron chi connectivity index (χ0n) is 12.2. The normalized spacial score (nSPS) is 11.3. The molecule has 0 aliphatic heterocycles. The maximum absolute atomic E-state index is 13.1. The molecule has 2 aromatic carbocycles. The van der Waals surface area contributed by atoms with Crippen LogP contribution in [0.2, 0.25) is 5.02 Å². The lowest BCUT2D eigenvalue weighted by atomic mass is 10.1. The topological polar surface area (TPSA) is 37.8 Å². The van der Waals surface area contributed by atoms with Gasteiger partial charge in [0, 0.05) is 16.3 Å². The maximum atomic E-state index is 13.1. The van der Waals surface area contributed by atoms with Crippen LogP contribution in [0, 0.1) is 0 Å². The van der Waals surface area contributed by atoms with Crippen LogP contribution >= 0.6 is 11.6 Å². The zero-order chi connectivity index (χ0) is 17.2. The molecule has 0 fully saturated rings. The van der Waals surface area contributed by atoms with Gasteiger partial charge in [0.25, 0.3) is 0 Å². The Hall–Kier alpha value is -2.60. The van der Waals surface area contributed by atoms with Gasteiger partial charge in [-0.3, -0.25) is 0 Å². The quantitative estimate of drug-likeness (QED) is 0.672. The third kappa shape index (κ3) is 3.83. The molecule has 3 rings (SSSR count). The summed E-state index contributed by atoms with van der Waals surface area (Å²) in [5, 5.41) is 3.30. The van der Waals surface area contributed by atoms with Crippen molar-refractivity contribution in [1.29, 1.82) is 0 Å². The van der Waals surface area contributed by atoms with Gasteiger partial charge in [-0.1, -0.05) is 41.9 Å². The molecular weight excluding hydrogens is 339 g/mol. The van der Waals surface area contributed by atoms with Gasteiger partial charge < -0.3 is 5.32 Å². The summed E-state index contributed by atoms with van der Waals surface area (Å²) in [7, 11) is 0. The van der Waals surface area contributed by atoms with Gasteiger partial charge in [-0.05, 0) is 30.3 Å². The Bertz CT molecular complexity index is 834. The highest BCUT2D eigenvalue weighted by molar-refractivity contribution is 6.30. The van der Waals surface area contributed by atoms with Crippen molar-refractivity contribution in [3.8, 4) is 11.3 Å². The van der Waals surface area contributed by atoms with Crippen molar-refractivity contribution in [2.45, 2.75) is 6.18 Å². The van der Waals surface area contributed by atoms with Crippen LogP contribution in [0.4, 0.5) is 24.8 Å². The highest BCUT2D eigenvalue weighted by Crippen LogP contribution is 2.31. The molecule has 0 bridgehead atoms. The second-order valence-corrected chi connectivity index (χ2v) is 5.39. The van der Waals surface area contributed by atoms with Gasteiger partial charge >= 0.3 is 6.18 Å². The number of aromatic nitrogens is 2. The van der Waals surface area contributed by atoms with Crippen LogP contribution in [0.25, 0.3) is 11.3 Å². The summed E-state index contributed by atoms with van der Waals surface area (Å²) in [6.07, 6.45) is -4.57. The van der Waals surface area contributed by atoms with E-state index in [9.17, 15) is 13.2 Å². The SMILES string of the molecule is FC(F)(F)c1cc(-c2ccccc2)nc(Nc2ccc(Cl)cc2)n1. The molecule has 0 aliphatic carbocycles. The van der Waals surface area contributed by atoms with Crippen molar-refractivity contribution in [3.63, 3.8) is 0 Å². The molecule has 3 aromatic rings. The molecule has 0 aliphatic rings. The Morgan fingerprint density at radius 3 is 2.17 bits per heavy atom. The van der Waals surface area contributed by atoms with Crippen molar-refractivity contribution in [3.05, 3.63) is 71.4 Å². The summed E-state index contributed by atoms with van der Waals surface area (Å²) in [4.78, 5) is 7.75. The van der Waals surface area contributed by atoms with E-state index in [0.717, 1.165) is 6.07 Å². The van der Waals surface area contributed by atoms with Crippen molar-refractivity contribution in [2.24, 2.45) is 0 Å². The fraction of sp³-hybridized carbons (Fsp3) is 0.0588. The highest BCUT2D eigenvalue weighted by atomic mass is 35.5. The second-order valence-electron chi connectivity index (χ2n) is 4.96. The van der Waals surface area contributed by atoms with Crippen LogP contribution in [-0.4, -0.2) is 9.97 Å². The summed E-state index contributed by atoms with van der Waals surface area (Å²) in [6, 6.07) is 16.1. The van der Waals surface area contributed by atoms with Gasteiger partial charge in [-0.15, -0.1) is 0 Å². The highest BCUT2D eigenvalue weighted by Gasteiger charge is 2.33. The number of nitrogens with zero attached hydrogens (tertiary/aromatic N) is 2. The van der Waals surface area contributed by atoms with Crippen LogP contribution in [0.15, 0.2) is 60.7 Å². The van der Waals surface area contributed by atoms with E-state index in [0.29, 0.717) is 16.3 Å². The molecule has 3 nitrogen and oxygen atoms in total. The van der Waals surface area contributed by atoms with Gasteiger partial charge in [0.1, 0.15) is 0 Å². The van der Waals surface area contributed by atoms with Gasteiger partial charge in [0.15, 0.2) is 5.69 Å². The second kappa shape index (κ2) is 6.49. The third-order valence-electron chi connectivity index (χ3n) is 3.19. The Balaban J connectivity index is 2.03. The van der Waals surface area contributed by atoms with Crippen LogP contribution in [-0.2, 0) is 6.18 Å². The lowest BCUT2D eigenvalue weighted by Gasteiger charge is -2.12.